The Kier molecular flexibility index (Phi) is 4.58. The molecule has 0 amide bonds. The van der Waals surface area contributed by atoms with Crippen molar-refractivity contribution in [1.82, 2.24) is 4.98 Å². The third-order valence-electron chi connectivity index (χ3n) is 3.27. The molecule has 4 N–H and O–H groups in total. The molecule has 0 saturated carbocycles. The number of aliphatic hydroxyl groups excluding tert-OH is 1. The molecule has 102 valence electrons. The van der Waals surface area contributed by atoms with E-state index in [1.165, 1.54) is 0 Å². The number of anilines is 2. The number of nitrogens with zero attached hydrogens (tertiary/aromatic N) is 1. The summed E-state index contributed by atoms with van der Waals surface area (Å²) in [5, 5.41) is 13.5. The van der Waals surface area contributed by atoms with E-state index in [4.69, 9.17) is 10.8 Å². The molecule has 1 aromatic carbocycles. The maximum atomic E-state index is 8.98. The molecular formula is C15H21N3O. The summed E-state index contributed by atoms with van der Waals surface area (Å²) < 4.78 is 0. The van der Waals surface area contributed by atoms with Gasteiger partial charge in [0.25, 0.3) is 0 Å². The molecule has 19 heavy (non-hydrogen) atoms. The van der Waals surface area contributed by atoms with Crippen molar-refractivity contribution in [3.05, 3.63) is 30.5 Å². The number of nitrogen functional groups attached to an aromatic ring is 1. The van der Waals surface area contributed by atoms with Crippen LogP contribution in [0, 0.1) is 5.92 Å². The summed E-state index contributed by atoms with van der Waals surface area (Å²) >= 11 is 0. The average Bonchev–Trinajstić information content (AvgIpc) is 2.42. The Morgan fingerprint density at radius 1 is 1.37 bits per heavy atom. The van der Waals surface area contributed by atoms with Gasteiger partial charge < -0.3 is 16.2 Å². The van der Waals surface area contributed by atoms with Crippen LogP contribution >= 0.6 is 0 Å². The molecule has 0 saturated heterocycles. The number of benzene rings is 1. The second-order valence-electron chi connectivity index (χ2n) is 4.99. The predicted octanol–water partition coefficient (Wildman–Crippen LogP) is 2.64. The highest BCUT2D eigenvalue weighted by Gasteiger charge is 2.03. The number of hydrogen-bond acceptors (Lipinski definition) is 4. The fourth-order valence-electron chi connectivity index (χ4n) is 2.08. The van der Waals surface area contributed by atoms with Crippen LogP contribution < -0.4 is 11.1 Å². The molecule has 4 heteroatoms. The Bertz CT molecular complexity index is 542. The van der Waals surface area contributed by atoms with E-state index in [0.717, 1.165) is 41.7 Å². The smallest absolute Gasteiger partial charge is 0.0743 e. The molecule has 0 radical (unpaired) electrons. The predicted molar refractivity (Wildman–Crippen MR) is 80.1 cm³/mol. The fourth-order valence-corrected chi connectivity index (χ4v) is 2.08. The third kappa shape index (κ3) is 3.58. The van der Waals surface area contributed by atoms with Gasteiger partial charge in [-0.25, -0.2) is 0 Å². The zero-order valence-electron chi connectivity index (χ0n) is 11.3. The number of rotatable bonds is 6. The van der Waals surface area contributed by atoms with Crippen molar-refractivity contribution >= 4 is 22.3 Å². The van der Waals surface area contributed by atoms with Gasteiger partial charge in [-0.05, 0) is 43.0 Å². The zero-order chi connectivity index (χ0) is 13.7. The summed E-state index contributed by atoms with van der Waals surface area (Å²) in [4.78, 5) is 4.32. The van der Waals surface area contributed by atoms with Crippen molar-refractivity contribution < 1.29 is 5.11 Å². The highest BCUT2D eigenvalue weighted by Crippen LogP contribution is 2.23. The second-order valence-corrected chi connectivity index (χ2v) is 4.99. The maximum Gasteiger partial charge on any atom is 0.0743 e. The number of aliphatic hydroxyl groups is 1. The van der Waals surface area contributed by atoms with E-state index in [1.807, 2.05) is 24.3 Å². The van der Waals surface area contributed by atoms with Gasteiger partial charge in [0.15, 0.2) is 0 Å². The molecular weight excluding hydrogens is 238 g/mol. The largest absolute Gasteiger partial charge is 0.399 e. The van der Waals surface area contributed by atoms with Gasteiger partial charge in [-0.2, -0.15) is 0 Å². The Morgan fingerprint density at radius 3 is 3.00 bits per heavy atom. The lowest BCUT2D eigenvalue weighted by atomic mass is 10.1. The van der Waals surface area contributed by atoms with E-state index in [0.29, 0.717) is 5.92 Å². The number of nitrogens with one attached hydrogen (secondary N) is 1. The van der Waals surface area contributed by atoms with Gasteiger partial charge in [-0.1, -0.05) is 6.92 Å². The molecule has 0 spiro atoms. The van der Waals surface area contributed by atoms with Crippen LogP contribution in [-0.4, -0.2) is 23.2 Å². The molecule has 4 nitrogen and oxygen atoms in total. The lowest BCUT2D eigenvalue weighted by Gasteiger charge is -2.11. The molecule has 1 atom stereocenters. The fraction of sp³-hybridized carbons (Fsp3) is 0.400. The van der Waals surface area contributed by atoms with Crippen LogP contribution in [0.1, 0.15) is 19.8 Å². The first-order chi connectivity index (χ1) is 9.20. The van der Waals surface area contributed by atoms with Crippen LogP contribution in [-0.2, 0) is 0 Å². The van der Waals surface area contributed by atoms with E-state index >= 15 is 0 Å². The summed E-state index contributed by atoms with van der Waals surface area (Å²) in [6, 6.07) is 7.75. The van der Waals surface area contributed by atoms with E-state index in [9.17, 15) is 0 Å². The summed E-state index contributed by atoms with van der Waals surface area (Å²) in [5.41, 5.74) is 8.49. The highest BCUT2D eigenvalue weighted by atomic mass is 16.3. The Hall–Kier alpha value is -1.81. The highest BCUT2D eigenvalue weighted by molar-refractivity contribution is 5.92. The Balaban J connectivity index is 2.01. The number of hydrogen-bond donors (Lipinski definition) is 3. The lowest BCUT2D eigenvalue weighted by Crippen LogP contribution is -2.06. The number of pyridine rings is 1. The van der Waals surface area contributed by atoms with Crippen LogP contribution in [0.4, 0.5) is 11.4 Å². The first-order valence-electron chi connectivity index (χ1n) is 6.69. The van der Waals surface area contributed by atoms with E-state index < -0.39 is 0 Å². The van der Waals surface area contributed by atoms with Gasteiger partial charge in [0, 0.05) is 36.1 Å². The van der Waals surface area contributed by atoms with E-state index in [1.54, 1.807) is 6.20 Å². The summed E-state index contributed by atoms with van der Waals surface area (Å²) in [6.07, 6.45) is 3.86. The molecule has 1 unspecified atom stereocenters. The van der Waals surface area contributed by atoms with Crippen molar-refractivity contribution in [2.45, 2.75) is 19.8 Å². The topological polar surface area (TPSA) is 71.2 Å². The standard InChI is InChI=1S/C15H21N3O/c1-11(10-19)3-2-7-17-14-6-8-18-15-9-12(16)4-5-13(14)15/h4-6,8-9,11,19H,2-3,7,10,16H2,1H3,(H,17,18). The lowest BCUT2D eigenvalue weighted by molar-refractivity contribution is 0.229. The first kappa shape index (κ1) is 13.6. The Morgan fingerprint density at radius 2 is 2.21 bits per heavy atom. The zero-order valence-corrected chi connectivity index (χ0v) is 11.3. The monoisotopic (exact) mass is 259 g/mol. The maximum absolute atomic E-state index is 8.98. The normalized spacial score (nSPS) is 12.5. The van der Waals surface area contributed by atoms with Gasteiger partial charge in [-0.3, -0.25) is 4.98 Å². The molecule has 0 aliphatic carbocycles. The molecule has 1 heterocycles. The number of nitrogens with two attached hydrogens (primary N) is 1. The molecule has 2 rings (SSSR count). The molecule has 0 fully saturated rings. The quantitative estimate of drug-likeness (QED) is 0.551. The van der Waals surface area contributed by atoms with Gasteiger partial charge in [0.1, 0.15) is 0 Å². The summed E-state index contributed by atoms with van der Waals surface area (Å²) in [5.74, 6) is 0.371. The molecule has 1 aromatic heterocycles. The second kappa shape index (κ2) is 6.38. The first-order valence-corrected chi connectivity index (χ1v) is 6.69. The number of fused-ring (bicyclic) bond motifs is 1. The van der Waals surface area contributed by atoms with Gasteiger partial charge >= 0.3 is 0 Å². The van der Waals surface area contributed by atoms with Gasteiger partial charge in [0.05, 0.1) is 5.52 Å². The van der Waals surface area contributed by atoms with Gasteiger partial charge in [-0.15, -0.1) is 0 Å². The van der Waals surface area contributed by atoms with Crippen molar-refractivity contribution in [2.75, 3.05) is 24.2 Å². The average molecular weight is 259 g/mol. The van der Waals surface area contributed by atoms with E-state index in [2.05, 4.69) is 17.2 Å². The van der Waals surface area contributed by atoms with Crippen LogP contribution in [0.5, 0.6) is 0 Å². The summed E-state index contributed by atoms with van der Waals surface area (Å²) in [7, 11) is 0. The van der Waals surface area contributed by atoms with Crippen LogP contribution in [0.3, 0.4) is 0 Å². The van der Waals surface area contributed by atoms with Crippen molar-refractivity contribution in [3.8, 4) is 0 Å². The van der Waals surface area contributed by atoms with Crippen LogP contribution in [0.2, 0.25) is 0 Å². The Labute approximate surface area is 113 Å². The molecule has 2 aromatic rings. The molecule has 0 bridgehead atoms. The minimum Gasteiger partial charge on any atom is -0.399 e. The van der Waals surface area contributed by atoms with Crippen molar-refractivity contribution in [1.29, 1.82) is 0 Å². The summed E-state index contributed by atoms with van der Waals surface area (Å²) in [6.45, 7) is 3.22. The SMILES string of the molecule is CC(CO)CCCNc1ccnc2cc(N)ccc12. The van der Waals surface area contributed by atoms with Crippen LogP contribution in [0.25, 0.3) is 10.9 Å². The van der Waals surface area contributed by atoms with Gasteiger partial charge in [0.2, 0.25) is 0 Å². The molecule has 0 aliphatic rings. The van der Waals surface area contributed by atoms with Crippen molar-refractivity contribution in [3.63, 3.8) is 0 Å². The minimum absolute atomic E-state index is 0.261. The number of aromatic nitrogens is 1. The van der Waals surface area contributed by atoms with Crippen LogP contribution in [0.15, 0.2) is 30.5 Å². The third-order valence-corrected chi connectivity index (χ3v) is 3.27. The minimum atomic E-state index is 0.261. The molecule has 0 aliphatic heterocycles. The van der Waals surface area contributed by atoms with E-state index in [-0.39, 0.29) is 6.61 Å². The van der Waals surface area contributed by atoms with Crippen molar-refractivity contribution in [2.24, 2.45) is 5.92 Å².